The number of anilines is 1. The number of hydrogen-bond acceptors (Lipinski definition) is 5. The number of ether oxygens (including phenoxy) is 1. The Morgan fingerprint density at radius 1 is 1.36 bits per heavy atom. The molecule has 0 aromatic carbocycles. The van der Waals surface area contributed by atoms with Gasteiger partial charge in [-0.3, -0.25) is 4.79 Å². The highest BCUT2D eigenvalue weighted by Crippen LogP contribution is 2.21. The topological polar surface area (TPSA) is 70.7 Å². The van der Waals surface area contributed by atoms with Crippen molar-refractivity contribution in [1.29, 1.82) is 0 Å². The predicted octanol–water partition coefficient (Wildman–Crippen LogP) is 2.66. The molecule has 0 spiro atoms. The first kappa shape index (κ1) is 18.4. The molecule has 124 valence electrons. The van der Waals surface area contributed by atoms with E-state index in [2.05, 4.69) is 10.6 Å². The summed E-state index contributed by atoms with van der Waals surface area (Å²) in [5, 5.41) is 7.99. The second-order valence-corrected chi connectivity index (χ2v) is 7.02. The van der Waals surface area contributed by atoms with Crippen molar-refractivity contribution in [2.45, 2.75) is 39.8 Å². The van der Waals surface area contributed by atoms with Gasteiger partial charge in [0.05, 0.1) is 5.69 Å². The molecular formula is C15H25N3O3S. The number of amides is 2. The number of likely N-dealkylation sites (N-methyl/N-ethyl adjacent to an activating group) is 1. The van der Waals surface area contributed by atoms with Crippen LogP contribution in [-0.4, -0.2) is 42.6 Å². The maximum Gasteiger partial charge on any atom is 0.410 e. The largest absolute Gasteiger partial charge is 0.444 e. The lowest BCUT2D eigenvalue weighted by atomic mass is 10.2. The van der Waals surface area contributed by atoms with Gasteiger partial charge in [0.25, 0.3) is 0 Å². The molecule has 0 saturated heterocycles. The van der Waals surface area contributed by atoms with Gasteiger partial charge in [0.2, 0.25) is 5.91 Å². The highest BCUT2D eigenvalue weighted by molar-refractivity contribution is 7.10. The predicted molar refractivity (Wildman–Crippen MR) is 89.2 cm³/mol. The number of carbonyl (C=O) groups is 2. The van der Waals surface area contributed by atoms with Crippen molar-refractivity contribution >= 4 is 29.0 Å². The van der Waals surface area contributed by atoms with Crippen LogP contribution in [0.1, 0.15) is 32.6 Å². The van der Waals surface area contributed by atoms with E-state index in [0.29, 0.717) is 19.6 Å². The van der Waals surface area contributed by atoms with Crippen molar-refractivity contribution in [2.24, 2.45) is 0 Å². The minimum Gasteiger partial charge on any atom is -0.444 e. The molecule has 0 aliphatic rings. The minimum absolute atomic E-state index is 0.0793. The zero-order valence-corrected chi connectivity index (χ0v) is 14.7. The number of nitrogens with zero attached hydrogens (tertiary/aromatic N) is 1. The van der Waals surface area contributed by atoms with E-state index in [0.717, 1.165) is 10.6 Å². The Kier molecular flexibility index (Phi) is 6.83. The molecule has 1 heterocycles. The van der Waals surface area contributed by atoms with Crippen LogP contribution < -0.4 is 10.6 Å². The normalized spacial score (nSPS) is 11.1. The first-order valence-corrected chi connectivity index (χ1v) is 8.06. The summed E-state index contributed by atoms with van der Waals surface area (Å²) in [5.41, 5.74) is 0.355. The van der Waals surface area contributed by atoms with Gasteiger partial charge in [0, 0.05) is 38.5 Å². The Morgan fingerprint density at radius 3 is 2.64 bits per heavy atom. The quantitative estimate of drug-likeness (QED) is 0.788. The van der Waals surface area contributed by atoms with Crippen LogP contribution in [-0.2, 0) is 16.1 Å². The molecule has 0 radical (unpaired) electrons. The van der Waals surface area contributed by atoms with Gasteiger partial charge in [-0.1, -0.05) is 0 Å². The Labute approximate surface area is 135 Å². The monoisotopic (exact) mass is 327 g/mol. The van der Waals surface area contributed by atoms with Crippen LogP contribution in [0.3, 0.4) is 0 Å². The average Bonchev–Trinajstić information content (AvgIpc) is 2.78. The van der Waals surface area contributed by atoms with E-state index < -0.39 is 5.60 Å². The summed E-state index contributed by atoms with van der Waals surface area (Å²) in [6.45, 7) is 8.87. The maximum absolute atomic E-state index is 11.8. The molecule has 0 saturated carbocycles. The van der Waals surface area contributed by atoms with E-state index in [4.69, 9.17) is 4.74 Å². The second-order valence-electron chi connectivity index (χ2n) is 6.02. The lowest BCUT2D eigenvalue weighted by Gasteiger charge is -2.24. The Balaban J connectivity index is 2.32. The van der Waals surface area contributed by atoms with E-state index >= 15 is 0 Å². The Morgan fingerprint density at radius 2 is 2.05 bits per heavy atom. The van der Waals surface area contributed by atoms with Crippen LogP contribution in [0, 0.1) is 0 Å². The number of hydrogen-bond donors (Lipinski definition) is 2. The zero-order chi connectivity index (χ0) is 16.8. The highest BCUT2D eigenvalue weighted by atomic mass is 32.1. The molecule has 0 aliphatic carbocycles. The number of nitrogens with one attached hydrogen (secondary N) is 2. The van der Waals surface area contributed by atoms with Crippen LogP contribution in [0.15, 0.2) is 11.4 Å². The van der Waals surface area contributed by atoms with E-state index in [1.807, 2.05) is 32.2 Å². The molecule has 1 rings (SSSR count). The third kappa shape index (κ3) is 6.91. The molecule has 6 nitrogen and oxygen atoms in total. The van der Waals surface area contributed by atoms with Gasteiger partial charge in [-0.15, -0.1) is 11.3 Å². The van der Waals surface area contributed by atoms with Gasteiger partial charge in [-0.25, -0.2) is 4.79 Å². The van der Waals surface area contributed by atoms with Crippen LogP contribution in [0.5, 0.6) is 0 Å². The molecule has 7 heteroatoms. The van der Waals surface area contributed by atoms with Crippen LogP contribution in [0.2, 0.25) is 0 Å². The third-order valence-electron chi connectivity index (χ3n) is 2.67. The standard InChI is InChI=1S/C15H25N3O3S/c1-11(19)17-12-6-9-22-13(12)10-16-7-8-18(5)14(20)21-15(2,3)4/h6,9,16H,7-8,10H2,1-5H3,(H,17,19). The van der Waals surface area contributed by atoms with Gasteiger partial charge in [-0.2, -0.15) is 0 Å². The summed E-state index contributed by atoms with van der Waals surface area (Å²) >= 11 is 1.58. The first-order valence-electron chi connectivity index (χ1n) is 7.18. The van der Waals surface area contributed by atoms with Crippen molar-refractivity contribution in [1.82, 2.24) is 10.2 Å². The van der Waals surface area contributed by atoms with Gasteiger partial charge >= 0.3 is 6.09 Å². The van der Waals surface area contributed by atoms with Gasteiger partial charge in [0.1, 0.15) is 5.60 Å². The molecular weight excluding hydrogens is 302 g/mol. The molecule has 0 unspecified atom stereocenters. The van der Waals surface area contributed by atoms with E-state index in [-0.39, 0.29) is 12.0 Å². The van der Waals surface area contributed by atoms with Crippen LogP contribution in [0.4, 0.5) is 10.5 Å². The van der Waals surface area contributed by atoms with Gasteiger partial charge in [0.15, 0.2) is 0 Å². The first-order chi connectivity index (χ1) is 10.2. The maximum atomic E-state index is 11.8. The van der Waals surface area contributed by atoms with Gasteiger partial charge < -0.3 is 20.3 Å². The van der Waals surface area contributed by atoms with Crippen molar-refractivity contribution in [2.75, 3.05) is 25.5 Å². The minimum atomic E-state index is -0.483. The molecule has 0 aliphatic heterocycles. The number of rotatable bonds is 6. The molecule has 22 heavy (non-hydrogen) atoms. The number of thiophene rings is 1. The fraction of sp³-hybridized carbons (Fsp3) is 0.600. The van der Waals surface area contributed by atoms with Gasteiger partial charge in [-0.05, 0) is 32.2 Å². The summed E-state index contributed by atoms with van der Waals surface area (Å²) in [7, 11) is 1.71. The lowest BCUT2D eigenvalue weighted by molar-refractivity contribution is -0.114. The summed E-state index contributed by atoms with van der Waals surface area (Å²) in [6.07, 6.45) is -0.329. The summed E-state index contributed by atoms with van der Waals surface area (Å²) in [6, 6.07) is 1.88. The second kappa shape index (κ2) is 8.14. The molecule has 0 bridgehead atoms. The summed E-state index contributed by atoms with van der Waals surface area (Å²) in [4.78, 5) is 25.5. The molecule has 1 aromatic heterocycles. The zero-order valence-electron chi connectivity index (χ0n) is 13.9. The van der Waals surface area contributed by atoms with Crippen LogP contribution >= 0.6 is 11.3 Å². The Hall–Kier alpha value is -1.60. The van der Waals surface area contributed by atoms with Crippen molar-refractivity contribution < 1.29 is 14.3 Å². The summed E-state index contributed by atoms with van der Waals surface area (Å²) < 4.78 is 5.28. The average molecular weight is 327 g/mol. The van der Waals surface area contributed by atoms with E-state index in [1.54, 1.807) is 23.3 Å². The van der Waals surface area contributed by atoms with Crippen molar-refractivity contribution in [3.8, 4) is 0 Å². The molecule has 2 N–H and O–H groups in total. The summed E-state index contributed by atoms with van der Waals surface area (Å²) in [5.74, 6) is -0.0793. The SMILES string of the molecule is CC(=O)Nc1ccsc1CNCCN(C)C(=O)OC(C)(C)C. The highest BCUT2D eigenvalue weighted by Gasteiger charge is 2.19. The van der Waals surface area contributed by atoms with E-state index in [9.17, 15) is 9.59 Å². The third-order valence-corrected chi connectivity index (χ3v) is 3.59. The van der Waals surface area contributed by atoms with Crippen molar-refractivity contribution in [3.05, 3.63) is 16.3 Å². The van der Waals surface area contributed by atoms with Crippen LogP contribution in [0.25, 0.3) is 0 Å². The molecule has 0 atom stereocenters. The lowest BCUT2D eigenvalue weighted by Crippen LogP contribution is -2.37. The van der Waals surface area contributed by atoms with Crippen molar-refractivity contribution in [3.63, 3.8) is 0 Å². The fourth-order valence-electron chi connectivity index (χ4n) is 1.66. The Bertz CT molecular complexity index is 508. The fourth-order valence-corrected chi connectivity index (χ4v) is 2.46. The smallest absolute Gasteiger partial charge is 0.410 e. The van der Waals surface area contributed by atoms with E-state index in [1.165, 1.54) is 6.92 Å². The molecule has 1 aromatic rings. The molecule has 2 amide bonds. The number of carbonyl (C=O) groups excluding carboxylic acids is 2. The molecule has 0 fully saturated rings.